The molecule has 0 saturated carbocycles. The lowest BCUT2D eigenvalue weighted by Gasteiger charge is -2.27. The van der Waals surface area contributed by atoms with Crippen LogP contribution in [0.3, 0.4) is 0 Å². The van der Waals surface area contributed by atoms with Crippen LogP contribution in [0.5, 0.6) is 0 Å². The number of amides is 1. The van der Waals surface area contributed by atoms with Crippen LogP contribution in [0.1, 0.15) is 32.8 Å². The number of nitrogens with zero attached hydrogens (tertiary/aromatic N) is 2. The van der Waals surface area contributed by atoms with E-state index in [9.17, 15) is 9.59 Å². The minimum Gasteiger partial charge on any atom is -0.352 e. The Labute approximate surface area is 169 Å². The van der Waals surface area contributed by atoms with Crippen molar-refractivity contribution < 1.29 is 4.79 Å². The Morgan fingerprint density at radius 1 is 1.14 bits per heavy atom. The normalized spacial score (nSPS) is 12.5. The number of hydrogen-bond donors (Lipinski definition) is 1. The molecule has 0 aliphatic heterocycles. The summed E-state index contributed by atoms with van der Waals surface area (Å²) in [7, 11) is 0. The van der Waals surface area contributed by atoms with Crippen molar-refractivity contribution >= 4 is 17.2 Å². The first kappa shape index (κ1) is 20.0. The molecule has 0 radical (unpaired) electrons. The molecular formula is C22H25N3O2S. The first-order valence-electron chi connectivity index (χ1n) is 9.37. The molecule has 0 aliphatic carbocycles. The van der Waals surface area contributed by atoms with Crippen LogP contribution in [0.25, 0.3) is 10.6 Å². The number of carbonyl (C=O) groups is 1. The van der Waals surface area contributed by atoms with E-state index in [0.29, 0.717) is 5.69 Å². The van der Waals surface area contributed by atoms with Crippen LogP contribution in [-0.2, 0) is 16.8 Å². The minimum atomic E-state index is -1.09. The average Bonchev–Trinajstić information content (AvgIpc) is 3.22. The molecule has 0 bridgehead atoms. The summed E-state index contributed by atoms with van der Waals surface area (Å²) in [5.74, 6) is -0.217. The number of carbonyl (C=O) groups excluding carboxylic acids is 1. The van der Waals surface area contributed by atoms with Gasteiger partial charge in [0, 0.05) is 12.1 Å². The molecule has 0 saturated heterocycles. The highest BCUT2D eigenvalue weighted by Crippen LogP contribution is 2.22. The molecule has 1 N–H and O–H groups in total. The Bertz CT molecular complexity index is 979. The second kappa shape index (κ2) is 8.52. The van der Waals surface area contributed by atoms with Gasteiger partial charge >= 0.3 is 0 Å². The molecule has 1 atom stereocenters. The van der Waals surface area contributed by atoms with Gasteiger partial charge in [0.1, 0.15) is 11.2 Å². The summed E-state index contributed by atoms with van der Waals surface area (Å²) in [6.45, 7) is 5.42. The highest BCUT2D eigenvalue weighted by molar-refractivity contribution is 7.13. The summed E-state index contributed by atoms with van der Waals surface area (Å²) in [5, 5.41) is 9.45. The molecule has 2 aromatic heterocycles. The van der Waals surface area contributed by atoms with E-state index in [4.69, 9.17) is 0 Å². The Morgan fingerprint density at radius 3 is 2.57 bits per heavy atom. The van der Waals surface area contributed by atoms with E-state index in [0.717, 1.165) is 17.7 Å². The molecule has 5 nitrogen and oxygen atoms in total. The molecule has 146 valence electrons. The van der Waals surface area contributed by atoms with Gasteiger partial charge < -0.3 is 5.32 Å². The Morgan fingerprint density at radius 2 is 1.89 bits per heavy atom. The van der Waals surface area contributed by atoms with Crippen molar-refractivity contribution in [1.29, 1.82) is 0 Å². The zero-order chi connectivity index (χ0) is 20.1. The van der Waals surface area contributed by atoms with Gasteiger partial charge in [0.05, 0.1) is 4.88 Å². The molecule has 0 spiro atoms. The molecule has 0 fully saturated rings. The molecular weight excluding hydrogens is 370 g/mol. The van der Waals surface area contributed by atoms with E-state index in [-0.39, 0.29) is 17.5 Å². The van der Waals surface area contributed by atoms with E-state index in [1.165, 1.54) is 16.3 Å². The predicted octanol–water partition coefficient (Wildman–Crippen LogP) is 3.84. The number of rotatable bonds is 7. The zero-order valence-corrected chi connectivity index (χ0v) is 17.2. The van der Waals surface area contributed by atoms with E-state index >= 15 is 0 Å². The molecule has 3 rings (SSSR count). The summed E-state index contributed by atoms with van der Waals surface area (Å²) in [6.07, 6.45) is 1.71. The summed E-state index contributed by atoms with van der Waals surface area (Å²) >= 11 is 1.55. The smallest absolute Gasteiger partial charge is 0.267 e. The van der Waals surface area contributed by atoms with Gasteiger partial charge in [-0.15, -0.1) is 11.3 Å². The number of aryl methyl sites for hydroxylation is 1. The highest BCUT2D eigenvalue weighted by Gasteiger charge is 2.33. The predicted molar refractivity (Wildman–Crippen MR) is 113 cm³/mol. The molecule has 6 heteroatoms. The fraction of sp³-hybridized carbons (Fsp3) is 0.318. The number of thiophene rings is 1. The summed E-state index contributed by atoms with van der Waals surface area (Å²) in [5.41, 5.74) is 0.542. The largest absolute Gasteiger partial charge is 0.352 e. The molecule has 0 aliphatic rings. The minimum absolute atomic E-state index is 0.0110. The third-order valence-corrected chi connectivity index (χ3v) is 5.64. The standard InChI is InChI=1S/C22H25N3O2S/c1-16(11-12-17-8-5-4-6-9-17)23-21(27)22(2,3)25-20(26)14-13-18(24-25)19-10-7-15-28-19/h4-10,13-16H,11-12H2,1-3H3,(H,23,27). The molecule has 3 aromatic rings. The van der Waals surface area contributed by atoms with Crippen molar-refractivity contribution in [3.05, 3.63) is 75.9 Å². The number of nitrogens with one attached hydrogen (secondary N) is 1. The molecule has 1 aromatic carbocycles. The van der Waals surface area contributed by atoms with Gasteiger partial charge in [-0.3, -0.25) is 9.59 Å². The molecule has 2 heterocycles. The maximum Gasteiger partial charge on any atom is 0.267 e. The van der Waals surface area contributed by atoms with Crippen LogP contribution in [-0.4, -0.2) is 21.7 Å². The van der Waals surface area contributed by atoms with Gasteiger partial charge in [-0.25, -0.2) is 4.68 Å². The van der Waals surface area contributed by atoms with Gasteiger partial charge in [-0.1, -0.05) is 36.4 Å². The Balaban J connectivity index is 1.72. The second-order valence-electron chi connectivity index (χ2n) is 7.40. The summed E-state index contributed by atoms with van der Waals surface area (Å²) in [6, 6.07) is 17.2. The average molecular weight is 396 g/mol. The first-order chi connectivity index (χ1) is 13.4. The van der Waals surface area contributed by atoms with Crippen molar-refractivity contribution in [3.63, 3.8) is 0 Å². The molecule has 1 amide bonds. The fourth-order valence-electron chi connectivity index (χ4n) is 2.96. The van der Waals surface area contributed by atoms with Gasteiger partial charge in [-0.05, 0) is 56.7 Å². The van der Waals surface area contributed by atoms with E-state index in [2.05, 4.69) is 22.5 Å². The van der Waals surface area contributed by atoms with Crippen LogP contribution >= 0.6 is 11.3 Å². The lowest BCUT2D eigenvalue weighted by molar-refractivity contribution is -0.129. The SMILES string of the molecule is CC(CCc1ccccc1)NC(=O)C(C)(C)n1nc(-c2cccs2)ccc1=O. The fourth-order valence-corrected chi connectivity index (χ4v) is 3.65. The van der Waals surface area contributed by atoms with E-state index < -0.39 is 5.54 Å². The second-order valence-corrected chi connectivity index (χ2v) is 8.35. The number of hydrogen-bond acceptors (Lipinski definition) is 4. The number of benzene rings is 1. The quantitative estimate of drug-likeness (QED) is 0.661. The maximum atomic E-state index is 12.9. The maximum absolute atomic E-state index is 12.9. The van der Waals surface area contributed by atoms with Crippen LogP contribution in [0, 0.1) is 0 Å². The van der Waals surface area contributed by atoms with Gasteiger partial charge in [0.15, 0.2) is 0 Å². The van der Waals surface area contributed by atoms with Crippen LogP contribution < -0.4 is 10.9 Å². The van der Waals surface area contributed by atoms with Gasteiger partial charge in [-0.2, -0.15) is 5.10 Å². The molecule has 28 heavy (non-hydrogen) atoms. The van der Waals surface area contributed by atoms with Crippen molar-refractivity contribution in [2.75, 3.05) is 0 Å². The van der Waals surface area contributed by atoms with E-state index in [1.807, 2.05) is 42.6 Å². The lowest BCUT2D eigenvalue weighted by Crippen LogP contribution is -2.51. The summed E-state index contributed by atoms with van der Waals surface area (Å²) in [4.78, 5) is 26.3. The van der Waals surface area contributed by atoms with Crippen molar-refractivity contribution in [2.24, 2.45) is 0 Å². The van der Waals surface area contributed by atoms with Crippen LogP contribution in [0.15, 0.2) is 64.8 Å². The highest BCUT2D eigenvalue weighted by atomic mass is 32.1. The molecule has 1 unspecified atom stereocenters. The monoisotopic (exact) mass is 395 g/mol. The van der Waals surface area contributed by atoms with Crippen LogP contribution in [0.2, 0.25) is 0 Å². The number of aromatic nitrogens is 2. The third kappa shape index (κ3) is 4.57. The van der Waals surface area contributed by atoms with Gasteiger partial charge in [0.2, 0.25) is 5.91 Å². The Hall–Kier alpha value is -2.73. The third-order valence-electron chi connectivity index (χ3n) is 4.75. The first-order valence-corrected chi connectivity index (χ1v) is 10.3. The topological polar surface area (TPSA) is 64.0 Å². The summed E-state index contributed by atoms with van der Waals surface area (Å²) < 4.78 is 1.28. The lowest BCUT2D eigenvalue weighted by atomic mass is 10.0. The van der Waals surface area contributed by atoms with Crippen molar-refractivity contribution in [3.8, 4) is 10.6 Å². The Kier molecular flexibility index (Phi) is 6.09. The van der Waals surface area contributed by atoms with Crippen molar-refractivity contribution in [2.45, 2.75) is 45.2 Å². The van der Waals surface area contributed by atoms with Crippen molar-refractivity contribution in [1.82, 2.24) is 15.1 Å². The zero-order valence-electron chi connectivity index (χ0n) is 16.4. The van der Waals surface area contributed by atoms with Crippen LogP contribution in [0.4, 0.5) is 0 Å². The van der Waals surface area contributed by atoms with E-state index in [1.54, 1.807) is 31.3 Å². The van der Waals surface area contributed by atoms with Gasteiger partial charge in [0.25, 0.3) is 5.56 Å².